The van der Waals surface area contributed by atoms with Crippen LogP contribution in [0.25, 0.3) is 0 Å². The van der Waals surface area contributed by atoms with Crippen LogP contribution in [0.15, 0.2) is 18.2 Å². The fourth-order valence-corrected chi connectivity index (χ4v) is 2.68. The molecular weight excluding hydrogens is 278 g/mol. The SMILES string of the molecule is CS(=O)(=O)NCCNC(=O)c1cccc2c1NCCC2. The molecule has 0 radical (unpaired) electrons. The second kappa shape index (κ2) is 6.23. The number of nitrogens with one attached hydrogen (secondary N) is 3. The molecule has 2 rings (SSSR count). The fraction of sp³-hybridized carbons (Fsp3) is 0.462. The molecule has 1 heterocycles. The Balaban J connectivity index is 1.96. The van der Waals surface area contributed by atoms with Crippen LogP contribution in [0.5, 0.6) is 0 Å². The van der Waals surface area contributed by atoms with Gasteiger partial charge in [-0.3, -0.25) is 4.79 Å². The number of amides is 1. The Morgan fingerprint density at radius 1 is 1.35 bits per heavy atom. The van der Waals surface area contributed by atoms with E-state index in [4.69, 9.17) is 0 Å². The average Bonchev–Trinajstić information content (AvgIpc) is 2.41. The lowest BCUT2D eigenvalue weighted by Crippen LogP contribution is -2.34. The third kappa shape index (κ3) is 3.94. The molecule has 0 aliphatic carbocycles. The summed E-state index contributed by atoms with van der Waals surface area (Å²) >= 11 is 0. The molecule has 0 unspecified atom stereocenters. The third-order valence-corrected chi connectivity index (χ3v) is 3.82. The number of carbonyl (C=O) groups is 1. The van der Waals surface area contributed by atoms with Gasteiger partial charge in [-0.1, -0.05) is 12.1 Å². The zero-order valence-corrected chi connectivity index (χ0v) is 12.2. The second-order valence-electron chi connectivity index (χ2n) is 4.79. The summed E-state index contributed by atoms with van der Waals surface area (Å²) in [6, 6.07) is 5.66. The predicted molar refractivity (Wildman–Crippen MR) is 78.4 cm³/mol. The zero-order valence-electron chi connectivity index (χ0n) is 11.4. The Hall–Kier alpha value is -1.60. The summed E-state index contributed by atoms with van der Waals surface area (Å²) in [5.41, 5.74) is 2.66. The minimum absolute atomic E-state index is 0.188. The Morgan fingerprint density at radius 3 is 2.90 bits per heavy atom. The Bertz CT molecular complexity index is 599. The topological polar surface area (TPSA) is 87.3 Å². The highest BCUT2D eigenvalue weighted by Crippen LogP contribution is 2.25. The number of sulfonamides is 1. The van der Waals surface area contributed by atoms with Gasteiger partial charge in [-0.05, 0) is 24.5 Å². The first-order valence-electron chi connectivity index (χ1n) is 6.56. The maximum Gasteiger partial charge on any atom is 0.253 e. The van der Waals surface area contributed by atoms with Gasteiger partial charge in [-0.25, -0.2) is 13.1 Å². The first-order chi connectivity index (χ1) is 9.47. The molecule has 7 heteroatoms. The molecule has 1 aromatic rings. The van der Waals surface area contributed by atoms with Crippen molar-refractivity contribution in [3.05, 3.63) is 29.3 Å². The standard InChI is InChI=1S/C13H19N3O3S/c1-20(18,19)16-9-8-15-13(17)11-6-2-4-10-5-3-7-14-12(10)11/h2,4,6,14,16H,3,5,7-9H2,1H3,(H,15,17). The van der Waals surface area contributed by atoms with E-state index < -0.39 is 10.0 Å². The van der Waals surface area contributed by atoms with E-state index in [0.717, 1.165) is 36.9 Å². The lowest BCUT2D eigenvalue weighted by atomic mass is 9.99. The monoisotopic (exact) mass is 297 g/mol. The Morgan fingerprint density at radius 2 is 2.15 bits per heavy atom. The maximum absolute atomic E-state index is 12.1. The quantitative estimate of drug-likeness (QED) is 0.683. The number of para-hydroxylation sites is 1. The van der Waals surface area contributed by atoms with E-state index in [-0.39, 0.29) is 19.0 Å². The number of hydrogen-bond donors (Lipinski definition) is 3. The van der Waals surface area contributed by atoms with E-state index in [0.29, 0.717) is 5.56 Å². The fourth-order valence-electron chi connectivity index (χ4n) is 2.21. The average molecular weight is 297 g/mol. The molecule has 1 aromatic carbocycles. The van der Waals surface area contributed by atoms with Crippen molar-refractivity contribution in [3.63, 3.8) is 0 Å². The predicted octanol–water partition coefficient (Wildman–Crippen LogP) is 0.324. The van der Waals surface area contributed by atoms with Crippen molar-refractivity contribution < 1.29 is 13.2 Å². The van der Waals surface area contributed by atoms with Crippen LogP contribution in [-0.4, -0.2) is 40.2 Å². The number of anilines is 1. The lowest BCUT2D eigenvalue weighted by Gasteiger charge is -2.20. The van der Waals surface area contributed by atoms with Gasteiger partial charge >= 0.3 is 0 Å². The molecule has 0 atom stereocenters. The molecule has 0 aromatic heterocycles. The molecule has 0 fully saturated rings. The number of carbonyl (C=O) groups excluding carboxylic acids is 1. The van der Waals surface area contributed by atoms with Crippen LogP contribution < -0.4 is 15.4 Å². The highest BCUT2D eigenvalue weighted by molar-refractivity contribution is 7.88. The van der Waals surface area contributed by atoms with Crippen LogP contribution in [0.2, 0.25) is 0 Å². The van der Waals surface area contributed by atoms with Gasteiger partial charge in [0.15, 0.2) is 0 Å². The molecule has 20 heavy (non-hydrogen) atoms. The number of rotatable bonds is 5. The zero-order chi connectivity index (χ0) is 14.6. The number of aryl methyl sites for hydroxylation is 1. The van der Waals surface area contributed by atoms with E-state index in [1.54, 1.807) is 6.07 Å². The van der Waals surface area contributed by atoms with Gasteiger partial charge in [0.25, 0.3) is 5.91 Å². The van der Waals surface area contributed by atoms with Crippen molar-refractivity contribution in [2.45, 2.75) is 12.8 Å². The molecule has 6 nitrogen and oxygen atoms in total. The first kappa shape index (κ1) is 14.8. The molecule has 0 spiro atoms. The van der Waals surface area contributed by atoms with E-state index in [1.807, 2.05) is 12.1 Å². The smallest absolute Gasteiger partial charge is 0.253 e. The molecule has 1 amide bonds. The highest BCUT2D eigenvalue weighted by atomic mass is 32.2. The second-order valence-corrected chi connectivity index (χ2v) is 6.63. The third-order valence-electron chi connectivity index (χ3n) is 3.09. The molecule has 1 aliphatic heterocycles. The van der Waals surface area contributed by atoms with Crippen molar-refractivity contribution in [3.8, 4) is 0 Å². The van der Waals surface area contributed by atoms with Crippen LogP contribution >= 0.6 is 0 Å². The van der Waals surface area contributed by atoms with E-state index >= 15 is 0 Å². The van der Waals surface area contributed by atoms with Crippen LogP contribution in [0.4, 0.5) is 5.69 Å². The van der Waals surface area contributed by atoms with Crippen molar-refractivity contribution in [1.29, 1.82) is 0 Å². The van der Waals surface area contributed by atoms with E-state index in [2.05, 4.69) is 15.4 Å². The van der Waals surface area contributed by atoms with Crippen LogP contribution in [0.1, 0.15) is 22.3 Å². The molecule has 110 valence electrons. The molecule has 0 saturated carbocycles. The molecular formula is C13H19N3O3S. The van der Waals surface area contributed by atoms with Gasteiger partial charge in [0.1, 0.15) is 0 Å². The van der Waals surface area contributed by atoms with E-state index in [9.17, 15) is 13.2 Å². The molecule has 0 saturated heterocycles. The molecule has 1 aliphatic rings. The van der Waals surface area contributed by atoms with E-state index in [1.165, 1.54) is 0 Å². The maximum atomic E-state index is 12.1. The van der Waals surface area contributed by atoms with Crippen molar-refractivity contribution in [1.82, 2.24) is 10.0 Å². The Labute approximate surface area is 119 Å². The van der Waals surface area contributed by atoms with Gasteiger partial charge in [-0.15, -0.1) is 0 Å². The summed E-state index contributed by atoms with van der Waals surface area (Å²) in [5.74, 6) is -0.188. The van der Waals surface area contributed by atoms with Gasteiger partial charge in [0.05, 0.1) is 17.5 Å². The Kier molecular flexibility index (Phi) is 4.61. The number of benzene rings is 1. The summed E-state index contributed by atoms with van der Waals surface area (Å²) in [4.78, 5) is 12.1. The van der Waals surface area contributed by atoms with Crippen LogP contribution in [0.3, 0.4) is 0 Å². The first-order valence-corrected chi connectivity index (χ1v) is 8.45. The van der Waals surface area contributed by atoms with Crippen LogP contribution in [0, 0.1) is 0 Å². The minimum atomic E-state index is -3.21. The van der Waals surface area contributed by atoms with Gasteiger partial charge < -0.3 is 10.6 Å². The lowest BCUT2D eigenvalue weighted by molar-refractivity contribution is 0.0955. The number of hydrogen-bond acceptors (Lipinski definition) is 4. The van der Waals surface area contributed by atoms with Crippen molar-refractivity contribution >= 4 is 21.6 Å². The normalized spacial score (nSPS) is 14.2. The van der Waals surface area contributed by atoms with Gasteiger partial charge in [0, 0.05) is 19.6 Å². The highest BCUT2D eigenvalue weighted by Gasteiger charge is 2.16. The van der Waals surface area contributed by atoms with Crippen molar-refractivity contribution in [2.75, 3.05) is 31.2 Å². The summed E-state index contributed by atoms with van der Waals surface area (Å²) < 4.78 is 24.1. The molecule has 0 bridgehead atoms. The summed E-state index contributed by atoms with van der Waals surface area (Å²) in [5, 5.41) is 5.97. The van der Waals surface area contributed by atoms with Crippen molar-refractivity contribution in [2.24, 2.45) is 0 Å². The summed E-state index contributed by atoms with van der Waals surface area (Å²) in [6.45, 7) is 1.32. The summed E-state index contributed by atoms with van der Waals surface area (Å²) in [6.07, 6.45) is 3.13. The number of fused-ring (bicyclic) bond motifs is 1. The van der Waals surface area contributed by atoms with Crippen LogP contribution in [-0.2, 0) is 16.4 Å². The van der Waals surface area contributed by atoms with Gasteiger partial charge in [-0.2, -0.15) is 0 Å². The molecule has 3 N–H and O–H groups in total. The van der Waals surface area contributed by atoms with Gasteiger partial charge in [0.2, 0.25) is 10.0 Å². The minimum Gasteiger partial charge on any atom is -0.384 e. The summed E-state index contributed by atoms with van der Waals surface area (Å²) in [7, 11) is -3.21. The largest absolute Gasteiger partial charge is 0.384 e.